The minimum atomic E-state index is -3.67. The van der Waals surface area contributed by atoms with Gasteiger partial charge in [0.05, 0.1) is 12.0 Å². The number of sulfonamides is 1. The smallest absolute Gasteiger partial charge is 0.243 e. The first-order chi connectivity index (χ1) is 13.8. The van der Waals surface area contributed by atoms with Crippen molar-refractivity contribution in [2.75, 3.05) is 19.0 Å². The zero-order valence-corrected chi connectivity index (χ0v) is 18.0. The fourth-order valence-corrected chi connectivity index (χ4v) is 5.37. The summed E-state index contributed by atoms with van der Waals surface area (Å²) < 4.78 is 33.0. The number of hydrogen-bond donors (Lipinski definition) is 1. The van der Waals surface area contributed by atoms with Crippen LogP contribution in [-0.4, -0.2) is 38.3 Å². The molecule has 156 valence electrons. The van der Waals surface area contributed by atoms with Gasteiger partial charge in [0.2, 0.25) is 15.9 Å². The average Bonchev–Trinajstić information content (AvgIpc) is 2.71. The summed E-state index contributed by atoms with van der Waals surface area (Å²) in [7, 11) is -2.13. The van der Waals surface area contributed by atoms with Gasteiger partial charge in [0, 0.05) is 24.7 Å². The summed E-state index contributed by atoms with van der Waals surface area (Å²) in [6, 6.07) is 11.8. The second-order valence-corrected chi connectivity index (χ2v) is 9.33. The van der Waals surface area contributed by atoms with Crippen LogP contribution in [0.25, 0.3) is 0 Å². The number of rotatable bonds is 6. The number of benzene rings is 2. The summed E-state index contributed by atoms with van der Waals surface area (Å²) in [4.78, 5) is 12.9. The molecule has 1 amide bonds. The summed E-state index contributed by atoms with van der Waals surface area (Å²) >= 11 is 0. The summed E-state index contributed by atoms with van der Waals surface area (Å²) in [6.07, 6.45) is 2.53. The second kappa shape index (κ2) is 8.97. The highest BCUT2D eigenvalue weighted by molar-refractivity contribution is 7.89. The molecule has 0 bridgehead atoms. The SMILES string of the molecule is COc1ccc(S(=O)(=O)N2CCCC[C@@H]2CC(=O)Nc2cccc(C)c2C)cc1. The molecule has 2 aromatic carbocycles. The monoisotopic (exact) mass is 416 g/mol. The number of carbonyl (C=O) groups is 1. The maximum Gasteiger partial charge on any atom is 0.243 e. The Morgan fingerprint density at radius 1 is 1.14 bits per heavy atom. The molecule has 0 saturated carbocycles. The molecular weight excluding hydrogens is 388 g/mol. The fourth-order valence-electron chi connectivity index (χ4n) is 3.68. The van der Waals surface area contributed by atoms with Crippen molar-refractivity contribution >= 4 is 21.6 Å². The Labute approximate surface area is 172 Å². The van der Waals surface area contributed by atoms with Crippen LogP contribution >= 0.6 is 0 Å². The molecule has 1 aliphatic rings. The molecule has 3 rings (SSSR count). The van der Waals surface area contributed by atoms with Crippen molar-refractivity contribution in [2.24, 2.45) is 0 Å². The van der Waals surface area contributed by atoms with E-state index >= 15 is 0 Å². The number of hydrogen-bond acceptors (Lipinski definition) is 4. The molecule has 0 unspecified atom stereocenters. The first-order valence-electron chi connectivity index (χ1n) is 9.85. The number of amides is 1. The predicted molar refractivity (Wildman–Crippen MR) is 114 cm³/mol. The number of aryl methyl sites for hydroxylation is 1. The zero-order valence-electron chi connectivity index (χ0n) is 17.1. The molecule has 6 nitrogen and oxygen atoms in total. The maximum atomic E-state index is 13.2. The standard InChI is InChI=1S/C22H28N2O4S/c1-16-7-6-9-21(17(16)2)23-22(25)15-18-8-4-5-14-24(18)29(26,27)20-12-10-19(28-3)11-13-20/h6-7,9-13,18H,4-5,8,14-15H2,1-3H3,(H,23,25)/t18-/m1/s1. The van der Waals surface area contributed by atoms with Crippen molar-refractivity contribution in [2.45, 2.75) is 50.5 Å². The lowest BCUT2D eigenvalue weighted by Gasteiger charge is -2.34. The molecule has 1 N–H and O–H groups in total. The molecule has 7 heteroatoms. The average molecular weight is 417 g/mol. The highest BCUT2D eigenvalue weighted by Gasteiger charge is 2.34. The van der Waals surface area contributed by atoms with E-state index in [4.69, 9.17) is 4.74 Å². The third kappa shape index (κ3) is 4.79. The summed E-state index contributed by atoms with van der Waals surface area (Å²) in [5, 5.41) is 2.95. The van der Waals surface area contributed by atoms with Crippen LogP contribution in [0.3, 0.4) is 0 Å². The Bertz CT molecular complexity index is 971. The van der Waals surface area contributed by atoms with Gasteiger partial charge in [0.15, 0.2) is 0 Å². The summed E-state index contributed by atoms with van der Waals surface area (Å²) in [5.74, 6) is 0.438. The van der Waals surface area contributed by atoms with Crippen molar-refractivity contribution in [3.8, 4) is 5.75 Å². The third-order valence-electron chi connectivity index (χ3n) is 5.54. The minimum absolute atomic E-state index is 0.142. The van der Waals surface area contributed by atoms with Crippen molar-refractivity contribution in [3.05, 3.63) is 53.6 Å². The molecule has 1 saturated heterocycles. The Morgan fingerprint density at radius 2 is 1.86 bits per heavy atom. The van der Waals surface area contributed by atoms with Crippen molar-refractivity contribution in [3.63, 3.8) is 0 Å². The van der Waals surface area contributed by atoms with E-state index in [0.29, 0.717) is 18.7 Å². The Morgan fingerprint density at radius 3 is 2.55 bits per heavy atom. The summed E-state index contributed by atoms with van der Waals surface area (Å²) in [6.45, 7) is 4.39. The van der Waals surface area contributed by atoms with Gasteiger partial charge in [-0.05, 0) is 68.1 Å². The number of carbonyl (C=O) groups excluding carboxylic acids is 1. The van der Waals surface area contributed by atoms with Crippen LogP contribution in [0.5, 0.6) is 5.75 Å². The number of nitrogens with one attached hydrogen (secondary N) is 1. The van der Waals surface area contributed by atoms with Gasteiger partial charge in [0.1, 0.15) is 5.75 Å². The van der Waals surface area contributed by atoms with Crippen molar-refractivity contribution < 1.29 is 17.9 Å². The van der Waals surface area contributed by atoms with Gasteiger partial charge < -0.3 is 10.1 Å². The van der Waals surface area contributed by atoms with E-state index < -0.39 is 10.0 Å². The summed E-state index contributed by atoms with van der Waals surface area (Å²) in [5.41, 5.74) is 2.90. The Kier molecular flexibility index (Phi) is 6.59. The molecule has 1 heterocycles. The number of nitrogens with zero attached hydrogens (tertiary/aromatic N) is 1. The molecule has 1 atom stereocenters. The van der Waals surface area contributed by atoms with Gasteiger partial charge in [-0.1, -0.05) is 18.6 Å². The largest absolute Gasteiger partial charge is 0.497 e. The Hall–Kier alpha value is -2.38. The van der Waals surface area contributed by atoms with Gasteiger partial charge in [-0.25, -0.2) is 8.42 Å². The zero-order chi connectivity index (χ0) is 21.0. The lowest BCUT2D eigenvalue weighted by molar-refractivity contribution is -0.117. The lowest BCUT2D eigenvalue weighted by atomic mass is 10.0. The lowest BCUT2D eigenvalue weighted by Crippen LogP contribution is -2.45. The fraction of sp³-hybridized carbons (Fsp3) is 0.409. The van der Waals surface area contributed by atoms with Gasteiger partial charge in [-0.2, -0.15) is 4.31 Å². The molecule has 29 heavy (non-hydrogen) atoms. The van der Waals surface area contributed by atoms with Crippen LogP contribution in [0.1, 0.15) is 36.8 Å². The van der Waals surface area contributed by atoms with E-state index in [1.165, 1.54) is 4.31 Å². The minimum Gasteiger partial charge on any atom is -0.497 e. The molecule has 0 spiro atoms. The van der Waals surface area contributed by atoms with Gasteiger partial charge >= 0.3 is 0 Å². The number of piperidine rings is 1. The van der Waals surface area contributed by atoms with Crippen LogP contribution in [0.4, 0.5) is 5.69 Å². The molecular formula is C22H28N2O4S. The quantitative estimate of drug-likeness (QED) is 0.775. The number of methoxy groups -OCH3 is 1. The molecule has 0 radical (unpaired) electrons. The van der Waals surface area contributed by atoms with Crippen LogP contribution < -0.4 is 10.1 Å². The van der Waals surface area contributed by atoms with E-state index in [0.717, 1.165) is 29.7 Å². The first-order valence-corrected chi connectivity index (χ1v) is 11.3. The third-order valence-corrected chi connectivity index (χ3v) is 7.50. The predicted octanol–water partition coefficient (Wildman–Crippen LogP) is 3.88. The van der Waals surface area contributed by atoms with Crippen molar-refractivity contribution in [1.29, 1.82) is 0 Å². The highest BCUT2D eigenvalue weighted by atomic mass is 32.2. The number of ether oxygens (including phenoxy) is 1. The van der Waals surface area contributed by atoms with E-state index in [-0.39, 0.29) is 23.3 Å². The topological polar surface area (TPSA) is 75.7 Å². The molecule has 1 aliphatic heterocycles. The molecule has 0 aromatic heterocycles. The van der Waals surface area contributed by atoms with Crippen LogP contribution in [0, 0.1) is 13.8 Å². The normalized spacial score (nSPS) is 17.7. The Balaban J connectivity index is 1.76. The van der Waals surface area contributed by atoms with Gasteiger partial charge in [-0.3, -0.25) is 4.79 Å². The van der Waals surface area contributed by atoms with E-state index in [9.17, 15) is 13.2 Å². The second-order valence-electron chi connectivity index (χ2n) is 7.44. The maximum absolute atomic E-state index is 13.2. The molecule has 2 aromatic rings. The first kappa shape index (κ1) is 21.3. The van der Waals surface area contributed by atoms with Crippen LogP contribution in [-0.2, 0) is 14.8 Å². The van der Waals surface area contributed by atoms with Gasteiger partial charge in [-0.15, -0.1) is 0 Å². The van der Waals surface area contributed by atoms with Crippen LogP contribution in [0.15, 0.2) is 47.4 Å². The van der Waals surface area contributed by atoms with Crippen molar-refractivity contribution in [1.82, 2.24) is 4.31 Å². The van der Waals surface area contributed by atoms with E-state index in [1.807, 2.05) is 32.0 Å². The van der Waals surface area contributed by atoms with Crippen LogP contribution in [0.2, 0.25) is 0 Å². The van der Waals surface area contributed by atoms with Gasteiger partial charge in [0.25, 0.3) is 0 Å². The highest BCUT2D eigenvalue weighted by Crippen LogP contribution is 2.28. The molecule has 1 fully saturated rings. The molecule has 0 aliphatic carbocycles. The van der Waals surface area contributed by atoms with E-state index in [2.05, 4.69) is 5.32 Å². The number of anilines is 1. The van der Waals surface area contributed by atoms with E-state index in [1.54, 1.807) is 31.4 Å².